The predicted molar refractivity (Wildman–Crippen MR) is 68.9 cm³/mol. The van der Waals surface area contributed by atoms with Crippen molar-refractivity contribution in [1.29, 1.82) is 0 Å². The van der Waals surface area contributed by atoms with Gasteiger partial charge < -0.3 is 10.8 Å². The van der Waals surface area contributed by atoms with Crippen LogP contribution < -0.4 is 5.73 Å². The maximum atomic E-state index is 9.79. The quantitative estimate of drug-likeness (QED) is 0.468. The number of phenols is 1. The molecule has 1 aromatic carbocycles. The predicted octanol–water partition coefficient (Wildman–Crippen LogP) is 1.22. The van der Waals surface area contributed by atoms with Crippen molar-refractivity contribution >= 4 is 5.69 Å². The number of hydrogen-bond acceptors (Lipinski definition) is 6. The topological polar surface area (TPSA) is 114 Å². The van der Waals surface area contributed by atoms with E-state index in [2.05, 4.69) is 25.1 Å². The zero-order chi connectivity index (χ0) is 13.2. The molecular formula is C12H10N6O. The molecule has 0 bridgehead atoms. The van der Waals surface area contributed by atoms with Crippen molar-refractivity contribution in [2.24, 2.45) is 0 Å². The van der Waals surface area contributed by atoms with Crippen LogP contribution in [0.25, 0.3) is 22.9 Å². The number of nitrogens with two attached hydrogens (primary N) is 1. The average molecular weight is 254 g/mol. The minimum absolute atomic E-state index is 0.0684. The number of nitrogens with one attached hydrogen (secondary N) is 1. The highest BCUT2D eigenvalue weighted by molar-refractivity contribution is 5.69. The second-order valence-electron chi connectivity index (χ2n) is 3.87. The molecule has 3 rings (SSSR count). The molecule has 7 nitrogen and oxygen atoms in total. The minimum atomic E-state index is 0.0684. The first kappa shape index (κ1) is 11.1. The van der Waals surface area contributed by atoms with Gasteiger partial charge in [0.05, 0.1) is 11.8 Å². The van der Waals surface area contributed by atoms with E-state index in [0.717, 1.165) is 0 Å². The number of H-pyrrole nitrogens is 1. The Hall–Kier alpha value is -2.96. The summed E-state index contributed by atoms with van der Waals surface area (Å²) < 4.78 is 0. The van der Waals surface area contributed by atoms with Crippen LogP contribution in [-0.2, 0) is 0 Å². The number of aromatic nitrogens is 5. The zero-order valence-corrected chi connectivity index (χ0v) is 9.78. The molecule has 0 aliphatic rings. The monoisotopic (exact) mass is 254 g/mol. The van der Waals surface area contributed by atoms with Gasteiger partial charge in [0.25, 0.3) is 0 Å². The Kier molecular flexibility index (Phi) is 2.57. The first-order chi connectivity index (χ1) is 9.24. The molecule has 0 aliphatic heterocycles. The van der Waals surface area contributed by atoms with Gasteiger partial charge in [-0.05, 0) is 18.2 Å². The van der Waals surface area contributed by atoms with E-state index in [1.54, 1.807) is 30.7 Å². The molecular weight excluding hydrogens is 244 g/mol. The van der Waals surface area contributed by atoms with Gasteiger partial charge in [-0.3, -0.25) is 10.1 Å². The third-order valence-corrected chi connectivity index (χ3v) is 2.55. The molecule has 3 aromatic rings. The van der Waals surface area contributed by atoms with Crippen molar-refractivity contribution in [1.82, 2.24) is 25.1 Å². The van der Waals surface area contributed by atoms with E-state index >= 15 is 0 Å². The first-order valence-electron chi connectivity index (χ1n) is 5.51. The van der Waals surface area contributed by atoms with Gasteiger partial charge in [0.1, 0.15) is 11.4 Å². The van der Waals surface area contributed by atoms with Crippen LogP contribution >= 0.6 is 0 Å². The van der Waals surface area contributed by atoms with E-state index in [-0.39, 0.29) is 5.75 Å². The summed E-state index contributed by atoms with van der Waals surface area (Å²) in [6.07, 6.45) is 4.71. The average Bonchev–Trinajstić information content (AvgIpc) is 2.92. The maximum Gasteiger partial charge on any atom is 0.185 e. The lowest BCUT2D eigenvalue weighted by Gasteiger charge is -2.00. The normalized spacial score (nSPS) is 10.5. The smallest absolute Gasteiger partial charge is 0.185 e. The largest absolute Gasteiger partial charge is 0.507 e. The third kappa shape index (κ3) is 2.08. The van der Waals surface area contributed by atoms with E-state index in [1.807, 2.05) is 0 Å². The molecule has 0 spiro atoms. The summed E-state index contributed by atoms with van der Waals surface area (Å²) in [6, 6.07) is 4.72. The second kappa shape index (κ2) is 4.37. The maximum absolute atomic E-state index is 9.79. The number of anilines is 1. The minimum Gasteiger partial charge on any atom is -0.507 e. The molecule has 0 saturated heterocycles. The fraction of sp³-hybridized carbons (Fsp3) is 0. The lowest BCUT2D eigenvalue weighted by Crippen LogP contribution is -1.88. The molecule has 0 amide bonds. The van der Waals surface area contributed by atoms with Crippen LogP contribution in [0, 0.1) is 0 Å². The first-order valence-corrected chi connectivity index (χ1v) is 5.51. The zero-order valence-electron chi connectivity index (χ0n) is 9.78. The SMILES string of the molecule is Nc1ccc(O)c(-c2n[nH]c(-c3cnccn3)n2)c1. The Bertz CT molecular complexity index is 709. The lowest BCUT2D eigenvalue weighted by atomic mass is 10.1. The van der Waals surface area contributed by atoms with Gasteiger partial charge in [0.2, 0.25) is 0 Å². The highest BCUT2D eigenvalue weighted by atomic mass is 16.3. The Labute approximate surface area is 108 Å². The summed E-state index contributed by atoms with van der Waals surface area (Å²) in [5, 5.41) is 16.6. The summed E-state index contributed by atoms with van der Waals surface area (Å²) in [4.78, 5) is 12.3. The van der Waals surface area contributed by atoms with Crippen LogP contribution in [0.4, 0.5) is 5.69 Å². The van der Waals surface area contributed by atoms with Gasteiger partial charge in [-0.25, -0.2) is 9.97 Å². The van der Waals surface area contributed by atoms with E-state index < -0.39 is 0 Å². The van der Waals surface area contributed by atoms with Crippen molar-refractivity contribution in [2.45, 2.75) is 0 Å². The molecule has 0 radical (unpaired) electrons. The Balaban J connectivity index is 2.04. The molecule has 94 valence electrons. The summed E-state index contributed by atoms with van der Waals surface area (Å²) in [6.45, 7) is 0. The van der Waals surface area contributed by atoms with E-state index in [9.17, 15) is 5.11 Å². The van der Waals surface area contributed by atoms with Crippen molar-refractivity contribution in [2.75, 3.05) is 5.73 Å². The second-order valence-corrected chi connectivity index (χ2v) is 3.87. The van der Waals surface area contributed by atoms with E-state index in [0.29, 0.717) is 28.6 Å². The summed E-state index contributed by atoms with van der Waals surface area (Å²) in [5.41, 5.74) is 7.25. The number of benzene rings is 1. The van der Waals surface area contributed by atoms with Gasteiger partial charge >= 0.3 is 0 Å². The van der Waals surface area contributed by atoms with Crippen LogP contribution in [-0.4, -0.2) is 30.3 Å². The third-order valence-electron chi connectivity index (χ3n) is 2.55. The van der Waals surface area contributed by atoms with Gasteiger partial charge in [0.15, 0.2) is 11.6 Å². The highest BCUT2D eigenvalue weighted by Crippen LogP contribution is 2.29. The van der Waals surface area contributed by atoms with Crippen LogP contribution in [0.3, 0.4) is 0 Å². The molecule has 4 N–H and O–H groups in total. The van der Waals surface area contributed by atoms with E-state index in [1.165, 1.54) is 6.07 Å². The highest BCUT2D eigenvalue weighted by Gasteiger charge is 2.12. The summed E-state index contributed by atoms with van der Waals surface area (Å²) in [7, 11) is 0. The molecule has 0 unspecified atom stereocenters. The Morgan fingerprint density at radius 2 is 2.11 bits per heavy atom. The lowest BCUT2D eigenvalue weighted by molar-refractivity contribution is 0.477. The van der Waals surface area contributed by atoms with Crippen LogP contribution in [0.5, 0.6) is 5.75 Å². The molecule has 2 aromatic heterocycles. The molecule has 7 heteroatoms. The molecule has 0 fully saturated rings. The molecule has 0 saturated carbocycles. The van der Waals surface area contributed by atoms with Gasteiger partial charge in [0, 0.05) is 18.1 Å². The fourth-order valence-corrected chi connectivity index (χ4v) is 1.65. The number of aromatic hydroxyl groups is 1. The van der Waals surface area contributed by atoms with Crippen molar-refractivity contribution in [3.05, 3.63) is 36.8 Å². The number of hydrogen-bond donors (Lipinski definition) is 3. The molecule has 2 heterocycles. The van der Waals surface area contributed by atoms with Crippen LogP contribution in [0.2, 0.25) is 0 Å². The number of aromatic amines is 1. The van der Waals surface area contributed by atoms with E-state index in [4.69, 9.17) is 5.73 Å². The molecule has 19 heavy (non-hydrogen) atoms. The van der Waals surface area contributed by atoms with Crippen molar-refractivity contribution in [3.63, 3.8) is 0 Å². The van der Waals surface area contributed by atoms with Gasteiger partial charge in [-0.15, -0.1) is 0 Å². The number of nitrogens with zero attached hydrogens (tertiary/aromatic N) is 4. The van der Waals surface area contributed by atoms with Gasteiger partial charge in [-0.2, -0.15) is 5.10 Å². The van der Waals surface area contributed by atoms with Gasteiger partial charge in [-0.1, -0.05) is 0 Å². The molecule has 0 aliphatic carbocycles. The van der Waals surface area contributed by atoms with Crippen molar-refractivity contribution in [3.8, 4) is 28.7 Å². The summed E-state index contributed by atoms with van der Waals surface area (Å²) >= 11 is 0. The Morgan fingerprint density at radius 1 is 1.21 bits per heavy atom. The summed E-state index contributed by atoms with van der Waals surface area (Å²) in [5.74, 6) is 0.897. The number of phenolic OH excluding ortho intramolecular Hbond substituents is 1. The van der Waals surface area contributed by atoms with Crippen molar-refractivity contribution < 1.29 is 5.11 Å². The fourth-order valence-electron chi connectivity index (χ4n) is 1.65. The Morgan fingerprint density at radius 3 is 2.89 bits per heavy atom. The number of nitrogen functional groups attached to an aromatic ring is 1. The standard InChI is InChI=1S/C12H10N6O/c13-7-1-2-10(19)8(5-7)11-16-12(18-17-11)9-6-14-3-4-15-9/h1-6,19H,13H2,(H,16,17,18). The number of rotatable bonds is 2. The molecule has 0 atom stereocenters. The van der Waals surface area contributed by atoms with Crippen LogP contribution in [0.1, 0.15) is 0 Å². The van der Waals surface area contributed by atoms with Crippen LogP contribution in [0.15, 0.2) is 36.8 Å².